The molecule has 0 saturated carbocycles. The number of rotatable bonds is 13. The van der Waals surface area contributed by atoms with Crippen LogP contribution in [-0.2, 0) is 4.79 Å². The summed E-state index contributed by atoms with van der Waals surface area (Å²) in [7, 11) is 0. The van der Waals surface area contributed by atoms with Crippen molar-refractivity contribution < 1.29 is 20.1 Å². The largest absolute Gasteiger partial charge is 0.481 e. The van der Waals surface area contributed by atoms with Gasteiger partial charge in [-0.05, 0) is 32.1 Å². The zero-order valence-corrected chi connectivity index (χ0v) is 15.7. The molecule has 0 aliphatic heterocycles. The van der Waals surface area contributed by atoms with Crippen LogP contribution in [0.3, 0.4) is 0 Å². The van der Waals surface area contributed by atoms with Crippen LogP contribution in [0, 0.1) is 11.8 Å². The Labute approximate surface area is 157 Å². The Morgan fingerprint density at radius 3 is 2.50 bits per heavy atom. The lowest BCUT2D eigenvalue weighted by Gasteiger charge is -2.04. The lowest BCUT2D eigenvalue weighted by atomic mass is 10.1. The van der Waals surface area contributed by atoms with Crippen LogP contribution in [0.5, 0.6) is 0 Å². The molecule has 4 heteroatoms. The molecule has 0 bridgehead atoms. The van der Waals surface area contributed by atoms with Gasteiger partial charge in [0.25, 0.3) is 0 Å². The second-order valence-corrected chi connectivity index (χ2v) is 5.89. The zero-order chi connectivity index (χ0) is 19.5. The van der Waals surface area contributed by atoms with Gasteiger partial charge in [-0.2, -0.15) is 0 Å². The van der Waals surface area contributed by atoms with Crippen LogP contribution in [0.4, 0.5) is 0 Å². The van der Waals surface area contributed by atoms with Crippen molar-refractivity contribution in [2.75, 3.05) is 0 Å². The molecule has 0 fully saturated rings. The molecule has 0 spiro atoms. The standard InChI is InChI=1S/C22H32O4/c1-2-3-10-15-20(23)17-12-8-9-13-18-21(24)16-11-6-4-5-7-14-19-22(25)26/h3,6,8-12,17,20-21,23-24H,2,4,13-16,18-19H2,1H3,(H,25,26)/b9-8-,10-3-,11-6-,17-12+/t20-,21-/m0/s1. The molecule has 0 saturated heterocycles. The van der Waals surface area contributed by atoms with Crippen LogP contribution < -0.4 is 0 Å². The van der Waals surface area contributed by atoms with E-state index in [-0.39, 0.29) is 12.5 Å². The van der Waals surface area contributed by atoms with Crippen molar-refractivity contribution in [3.63, 3.8) is 0 Å². The predicted octanol–water partition coefficient (Wildman–Crippen LogP) is 4.16. The summed E-state index contributed by atoms with van der Waals surface area (Å²) in [4.78, 5) is 10.3. The van der Waals surface area contributed by atoms with E-state index >= 15 is 0 Å². The molecule has 0 aliphatic rings. The Kier molecular flexibility index (Phi) is 16.3. The van der Waals surface area contributed by atoms with Gasteiger partial charge in [0.2, 0.25) is 0 Å². The zero-order valence-electron chi connectivity index (χ0n) is 15.7. The van der Waals surface area contributed by atoms with Crippen molar-refractivity contribution in [2.45, 2.75) is 70.5 Å². The van der Waals surface area contributed by atoms with Crippen LogP contribution in [0.15, 0.2) is 48.6 Å². The van der Waals surface area contributed by atoms with Crippen LogP contribution >= 0.6 is 0 Å². The second-order valence-electron chi connectivity index (χ2n) is 5.89. The Morgan fingerprint density at radius 2 is 1.77 bits per heavy atom. The highest BCUT2D eigenvalue weighted by Crippen LogP contribution is 2.04. The number of carboxylic acid groups (broad SMARTS) is 1. The molecule has 0 radical (unpaired) electrons. The van der Waals surface area contributed by atoms with Crippen LogP contribution in [0.25, 0.3) is 0 Å². The number of allylic oxidation sites excluding steroid dienone is 5. The number of aliphatic hydroxyl groups is 2. The van der Waals surface area contributed by atoms with E-state index in [1.54, 1.807) is 6.08 Å². The quantitative estimate of drug-likeness (QED) is 0.262. The van der Waals surface area contributed by atoms with Crippen molar-refractivity contribution in [2.24, 2.45) is 0 Å². The maximum absolute atomic E-state index is 10.3. The lowest BCUT2D eigenvalue weighted by Crippen LogP contribution is -2.03. The van der Waals surface area contributed by atoms with Crippen LogP contribution in [0.2, 0.25) is 0 Å². The smallest absolute Gasteiger partial charge is 0.304 e. The van der Waals surface area contributed by atoms with Crippen molar-refractivity contribution in [1.82, 2.24) is 0 Å². The minimum Gasteiger partial charge on any atom is -0.481 e. The minimum absolute atomic E-state index is 0.0764. The van der Waals surface area contributed by atoms with Gasteiger partial charge in [-0.3, -0.25) is 4.79 Å². The highest BCUT2D eigenvalue weighted by molar-refractivity contribution is 5.66. The first-order valence-electron chi connectivity index (χ1n) is 9.23. The summed E-state index contributed by atoms with van der Waals surface area (Å²) < 4.78 is 0. The van der Waals surface area contributed by atoms with Crippen molar-refractivity contribution in [3.05, 3.63) is 48.6 Å². The number of hydrogen-bond acceptors (Lipinski definition) is 3. The minimum atomic E-state index is -0.831. The average Bonchev–Trinajstić information content (AvgIpc) is 2.60. The summed E-state index contributed by atoms with van der Waals surface area (Å²) in [6.45, 7) is 2.06. The first-order chi connectivity index (χ1) is 12.6. The van der Waals surface area contributed by atoms with Gasteiger partial charge in [-0.25, -0.2) is 0 Å². The van der Waals surface area contributed by atoms with Crippen LogP contribution in [-0.4, -0.2) is 33.5 Å². The van der Waals surface area contributed by atoms with Gasteiger partial charge >= 0.3 is 5.97 Å². The molecule has 144 valence electrons. The van der Waals surface area contributed by atoms with E-state index in [0.29, 0.717) is 32.1 Å². The number of aliphatic carboxylic acids is 1. The maximum Gasteiger partial charge on any atom is 0.304 e. The fourth-order valence-electron chi connectivity index (χ4n) is 1.98. The molecule has 0 rings (SSSR count). The van der Waals surface area contributed by atoms with Gasteiger partial charge in [0.05, 0.1) is 18.6 Å². The number of carboxylic acids is 1. The SMILES string of the molecule is CC/C=C\C[C@H](O)/C=C/C=C\CC[C@@H](O)C/C=C\CC#CCCC(=O)O. The topological polar surface area (TPSA) is 77.8 Å². The number of carbonyl (C=O) groups is 1. The van der Waals surface area contributed by atoms with Gasteiger partial charge in [0.1, 0.15) is 0 Å². The number of aliphatic hydroxyl groups excluding tert-OH is 2. The molecule has 0 amide bonds. The van der Waals surface area contributed by atoms with Gasteiger partial charge in [-0.1, -0.05) is 61.5 Å². The summed E-state index contributed by atoms with van der Waals surface area (Å²) in [5.41, 5.74) is 0. The molecule has 4 nitrogen and oxygen atoms in total. The number of hydrogen-bond donors (Lipinski definition) is 3. The Bertz CT molecular complexity index is 532. The summed E-state index contributed by atoms with van der Waals surface area (Å²) >= 11 is 0. The van der Waals surface area contributed by atoms with Gasteiger partial charge in [0.15, 0.2) is 0 Å². The normalized spacial score (nSPS) is 14.3. The van der Waals surface area contributed by atoms with Gasteiger partial charge < -0.3 is 15.3 Å². The molecule has 26 heavy (non-hydrogen) atoms. The van der Waals surface area contributed by atoms with E-state index < -0.39 is 12.1 Å². The van der Waals surface area contributed by atoms with E-state index in [1.807, 2.05) is 42.5 Å². The van der Waals surface area contributed by atoms with Crippen molar-refractivity contribution in [3.8, 4) is 11.8 Å². The first kappa shape index (κ1) is 23.9. The predicted molar refractivity (Wildman–Crippen MR) is 107 cm³/mol. The van der Waals surface area contributed by atoms with E-state index in [0.717, 1.165) is 12.8 Å². The van der Waals surface area contributed by atoms with Crippen LogP contribution in [0.1, 0.15) is 58.3 Å². The third-order valence-corrected chi connectivity index (χ3v) is 3.41. The van der Waals surface area contributed by atoms with E-state index in [4.69, 9.17) is 5.11 Å². The Hall–Kier alpha value is -2.09. The molecular formula is C22H32O4. The molecule has 0 aliphatic carbocycles. The molecule has 0 heterocycles. The fraction of sp³-hybridized carbons (Fsp3) is 0.500. The van der Waals surface area contributed by atoms with Gasteiger partial charge in [-0.15, -0.1) is 5.92 Å². The van der Waals surface area contributed by atoms with Crippen molar-refractivity contribution in [1.29, 1.82) is 0 Å². The molecule has 0 aromatic carbocycles. The maximum atomic E-state index is 10.3. The lowest BCUT2D eigenvalue weighted by molar-refractivity contribution is -0.136. The second kappa shape index (κ2) is 17.7. The summed E-state index contributed by atoms with van der Waals surface area (Å²) in [6, 6.07) is 0. The Balaban J connectivity index is 3.75. The highest BCUT2D eigenvalue weighted by atomic mass is 16.4. The molecule has 3 N–H and O–H groups in total. The summed E-state index contributed by atoms with van der Waals surface area (Å²) in [5, 5.41) is 28.0. The third-order valence-electron chi connectivity index (χ3n) is 3.41. The van der Waals surface area contributed by atoms with E-state index in [2.05, 4.69) is 18.8 Å². The molecular weight excluding hydrogens is 328 g/mol. The Morgan fingerprint density at radius 1 is 1.00 bits per heavy atom. The monoisotopic (exact) mass is 360 g/mol. The average molecular weight is 360 g/mol. The molecule has 0 aromatic rings. The van der Waals surface area contributed by atoms with E-state index in [9.17, 15) is 15.0 Å². The van der Waals surface area contributed by atoms with Gasteiger partial charge in [0, 0.05) is 12.8 Å². The summed E-state index contributed by atoms with van der Waals surface area (Å²) in [6.07, 6.45) is 19.1. The third kappa shape index (κ3) is 18.3. The fourth-order valence-corrected chi connectivity index (χ4v) is 1.98. The first-order valence-corrected chi connectivity index (χ1v) is 9.23. The highest BCUT2D eigenvalue weighted by Gasteiger charge is 1.99. The summed E-state index contributed by atoms with van der Waals surface area (Å²) in [5.74, 6) is 4.85. The molecule has 2 atom stereocenters. The van der Waals surface area contributed by atoms with Crippen molar-refractivity contribution >= 4 is 5.97 Å². The van der Waals surface area contributed by atoms with E-state index in [1.165, 1.54) is 0 Å². The molecule has 0 unspecified atom stereocenters. The molecule has 0 aromatic heterocycles.